The van der Waals surface area contributed by atoms with Crippen LogP contribution < -0.4 is 33.2 Å². The molecule has 0 aliphatic carbocycles. The van der Waals surface area contributed by atoms with E-state index in [1.807, 2.05) is 24.3 Å². The summed E-state index contributed by atoms with van der Waals surface area (Å²) in [6.07, 6.45) is 7.92. The molecule has 0 aliphatic heterocycles. The highest BCUT2D eigenvalue weighted by molar-refractivity contribution is 9.09. The predicted molar refractivity (Wildman–Crippen MR) is 280 cm³/mol. The topological polar surface area (TPSA) is 111 Å². The Labute approximate surface area is 454 Å². The lowest BCUT2D eigenvalue weighted by Gasteiger charge is -2.13. The molecule has 6 rings (SSSR count). The van der Waals surface area contributed by atoms with Crippen LogP contribution in [-0.2, 0) is 13.2 Å². The van der Waals surface area contributed by atoms with Gasteiger partial charge in [0.25, 0.3) is 0 Å². The Balaban J connectivity index is 0.000000243. The molecule has 1 N–H and O–H groups in total. The van der Waals surface area contributed by atoms with E-state index in [2.05, 4.69) is 25.9 Å². The number of nitrogens with zero attached hydrogens (tertiary/aromatic N) is 2. The summed E-state index contributed by atoms with van der Waals surface area (Å²) >= 11 is 64.3. The molecule has 0 aliphatic rings. The normalized spacial score (nSPS) is 10.4. The molecule has 6 aromatic rings. The van der Waals surface area contributed by atoms with Gasteiger partial charge in [0.15, 0.2) is 20.4 Å². The highest BCUT2D eigenvalue weighted by atomic mass is 79.9. The number of aromatic hydroxyl groups is 1. The maximum absolute atomic E-state index is 9.06. The fourth-order valence-electron chi connectivity index (χ4n) is 4.75. The number of aromatic nitrogens is 2. The Kier molecular flexibility index (Phi) is 26.9. The van der Waals surface area contributed by atoms with E-state index < -0.39 is 0 Å². The summed E-state index contributed by atoms with van der Waals surface area (Å²) in [7, 11) is 0. The lowest BCUT2D eigenvalue weighted by atomic mass is 10.3. The number of phenols is 1. The van der Waals surface area contributed by atoms with Crippen molar-refractivity contribution < 1.29 is 38.3 Å². The minimum Gasteiger partial charge on any atom is -0.508 e. The van der Waals surface area contributed by atoms with Crippen molar-refractivity contribution in [2.45, 2.75) is 26.1 Å². The summed E-state index contributed by atoms with van der Waals surface area (Å²) in [4.78, 5) is 9.81. The van der Waals surface area contributed by atoms with Crippen LogP contribution in [0, 0.1) is 0 Å². The first-order valence-corrected chi connectivity index (χ1v) is 25.8. The number of hydrogen-bond donors (Lipinski definition) is 1. The first kappa shape index (κ1) is 57.0. The SMILES string of the molecule is ClC(Cl)=CCOc1cc(Cl)c(OCCCBr)c(Cl)c1.ClC(Cl)=CCOc1cc(Cl)c(OCCCOc2ccc(OCc3cnc(Cl)s3)cc2)c(Cl)c1.Oc1ccc(OCc2cnc(Cl)s2)cc1. The van der Waals surface area contributed by atoms with E-state index in [0.29, 0.717) is 97.2 Å². The minimum absolute atomic E-state index is 0.122. The number of hydrogen-bond acceptors (Lipinski definition) is 12. The molecule has 0 bridgehead atoms. The number of rotatable bonds is 22. The molecule has 10 nitrogen and oxygen atoms in total. The van der Waals surface area contributed by atoms with E-state index in [-0.39, 0.29) is 27.9 Å². The Hall–Kier alpha value is -2.60. The van der Waals surface area contributed by atoms with Crippen molar-refractivity contribution in [3.8, 4) is 46.0 Å². The average molecular weight is 1220 g/mol. The van der Waals surface area contributed by atoms with Crippen LogP contribution in [0.25, 0.3) is 0 Å². The molecule has 2 heterocycles. The fraction of sp³-hybridized carbons (Fsp3) is 0.227. The van der Waals surface area contributed by atoms with E-state index in [0.717, 1.165) is 33.0 Å². The molecular weight excluding hydrogens is 1180 g/mol. The maximum Gasteiger partial charge on any atom is 0.183 e. The van der Waals surface area contributed by atoms with Crippen LogP contribution in [0.3, 0.4) is 0 Å². The van der Waals surface area contributed by atoms with Crippen LogP contribution in [0.5, 0.6) is 46.0 Å². The van der Waals surface area contributed by atoms with E-state index in [1.54, 1.807) is 60.9 Å². The molecule has 0 saturated heterocycles. The molecule has 23 heteroatoms. The lowest BCUT2D eigenvalue weighted by Crippen LogP contribution is -2.05. The van der Waals surface area contributed by atoms with Crippen molar-refractivity contribution in [3.05, 3.63) is 145 Å². The maximum atomic E-state index is 9.06. The standard InChI is InChI=1S/C22H18Cl5NO4S.C12H11BrCl4O2.C10H8ClNO2S/c23-18-10-16(30-9-6-20(25)26)11-19(24)21(18)31-8-1-7-29-14-2-4-15(5-3-14)32-13-17-12-28-22(27)33-17;13-3-1-4-19-12-9(14)6-8(7-10(12)15)18-5-2-11(16)17;11-10-12-5-9(15-10)6-14-8-3-1-7(13)2-4-8/h2-6,10-12H,1,7-9,13H2;2,6-7H,1,3-5H2;1-5,13H,6H2. The van der Waals surface area contributed by atoms with Crippen LogP contribution in [0.1, 0.15) is 22.6 Å². The monoisotopic (exact) mass is 1210 g/mol. The zero-order valence-electron chi connectivity index (χ0n) is 34.5. The quantitative estimate of drug-likeness (QED) is 0.0521. The van der Waals surface area contributed by atoms with Gasteiger partial charge < -0.3 is 38.3 Å². The minimum atomic E-state index is 0.122. The summed E-state index contributed by atoms with van der Waals surface area (Å²) in [5, 5.41) is 11.4. The van der Waals surface area contributed by atoms with Gasteiger partial charge in [-0.15, -0.1) is 22.7 Å². The molecule has 0 saturated carbocycles. The Bertz CT molecular complexity index is 2430. The van der Waals surface area contributed by atoms with Crippen molar-refractivity contribution in [1.29, 1.82) is 0 Å². The molecule has 67 heavy (non-hydrogen) atoms. The summed E-state index contributed by atoms with van der Waals surface area (Å²) in [6.45, 7) is 2.66. The van der Waals surface area contributed by atoms with Gasteiger partial charge in [-0.1, -0.05) is 132 Å². The summed E-state index contributed by atoms with van der Waals surface area (Å²) < 4.78 is 40.2. The first-order valence-electron chi connectivity index (χ1n) is 19.2. The predicted octanol–water partition coefficient (Wildman–Crippen LogP) is 17.2. The molecule has 360 valence electrons. The van der Waals surface area contributed by atoms with Gasteiger partial charge >= 0.3 is 0 Å². The van der Waals surface area contributed by atoms with Crippen molar-refractivity contribution in [2.24, 2.45) is 0 Å². The molecule has 0 amide bonds. The Morgan fingerprint density at radius 2 is 0.881 bits per heavy atom. The van der Waals surface area contributed by atoms with E-state index >= 15 is 0 Å². The van der Waals surface area contributed by atoms with Gasteiger partial charge in [-0.05, 0) is 67.1 Å². The Morgan fingerprint density at radius 1 is 0.507 bits per heavy atom. The second-order valence-electron chi connectivity index (χ2n) is 12.7. The molecule has 0 atom stereocenters. The smallest absolute Gasteiger partial charge is 0.183 e. The van der Waals surface area contributed by atoms with Crippen LogP contribution in [0.15, 0.2) is 106 Å². The van der Waals surface area contributed by atoms with Gasteiger partial charge in [0, 0.05) is 48.4 Å². The number of thiazole rings is 2. The van der Waals surface area contributed by atoms with Crippen LogP contribution in [0.2, 0.25) is 29.0 Å². The fourth-order valence-corrected chi connectivity index (χ4v) is 8.17. The number of ether oxygens (including phenoxy) is 7. The molecule has 0 fully saturated rings. The van der Waals surface area contributed by atoms with Crippen molar-refractivity contribution in [3.63, 3.8) is 0 Å². The zero-order valence-corrected chi connectivity index (χ0v) is 45.3. The molecule has 0 radical (unpaired) electrons. The molecule has 0 spiro atoms. The number of alkyl halides is 1. The number of phenolic OH excluding ortho intramolecular Hbond substituents is 1. The largest absolute Gasteiger partial charge is 0.508 e. The first-order chi connectivity index (χ1) is 32.2. The summed E-state index contributed by atoms with van der Waals surface area (Å²) in [5.41, 5.74) is 0. The molecular formula is C44H37BrCl10N2O8S2. The zero-order chi connectivity index (χ0) is 48.6. The van der Waals surface area contributed by atoms with Gasteiger partial charge in [0.2, 0.25) is 0 Å². The number of benzene rings is 4. The average Bonchev–Trinajstić information content (AvgIpc) is 3.91. The van der Waals surface area contributed by atoms with Gasteiger partial charge in [-0.25, -0.2) is 9.97 Å². The van der Waals surface area contributed by atoms with Crippen LogP contribution in [0.4, 0.5) is 0 Å². The lowest BCUT2D eigenvalue weighted by molar-refractivity contribution is 0.247. The van der Waals surface area contributed by atoms with E-state index in [9.17, 15) is 0 Å². The van der Waals surface area contributed by atoms with Crippen molar-refractivity contribution in [1.82, 2.24) is 9.97 Å². The van der Waals surface area contributed by atoms with Gasteiger partial charge in [-0.3, -0.25) is 0 Å². The van der Waals surface area contributed by atoms with Gasteiger partial charge in [0.1, 0.15) is 69.9 Å². The van der Waals surface area contributed by atoms with Gasteiger partial charge in [0.05, 0.1) is 49.7 Å². The summed E-state index contributed by atoms with van der Waals surface area (Å²) in [6, 6.07) is 20.4. The van der Waals surface area contributed by atoms with Crippen LogP contribution in [-0.4, -0.2) is 53.4 Å². The van der Waals surface area contributed by atoms with E-state index in [4.69, 9.17) is 154 Å². The van der Waals surface area contributed by atoms with E-state index in [1.165, 1.54) is 34.8 Å². The third-order valence-corrected chi connectivity index (χ3v) is 12.2. The second-order valence-corrected chi connectivity index (χ2v) is 20.5. The third kappa shape index (κ3) is 22.8. The molecule has 0 unspecified atom stereocenters. The summed E-state index contributed by atoms with van der Waals surface area (Å²) in [5.74, 6) is 4.24. The Morgan fingerprint density at radius 3 is 1.25 bits per heavy atom. The van der Waals surface area contributed by atoms with Crippen molar-refractivity contribution in [2.75, 3.05) is 38.4 Å². The second kappa shape index (κ2) is 31.6. The highest BCUT2D eigenvalue weighted by Crippen LogP contribution is 2.38. The van der Waals surface area contributed by atoms with Crippen molar-refractivity contribution >= 4 is 155 Å². The van der Waals surface area contributed by atoms with Crippen LogP contribution >= 0.6 is 155 Å². The number of halogens is 11. The molecule has 4 aromatic carbocycles. The highest BCUT2D eigenvalue weighted by Gasteiger charge is 2.12. The third-order valence-electron chi connectivity index (χ3n) is 7.72. The molecule has 2 aromatic heterocycles. The van der Waals surface area contributed by atoms with Gasteiger partial charge in [-0.2, -0.15) is 0 Å².